The lowest BCUT2D eigenvalue weighted by molar-refractivity contribution is 0.300. The number of para-hydroxylation sites is 1. The molecule has 0 atom stereocenters. The predicted molar refractivity (Wildman–Crippen MR) is 81.0 cm³/mol. The van der Waals surface area contributed by atoms with Gasteiger partial charge < -0.3 is 10.1 Å². The summed E-state index contributed by atoms with van der Waals surface area (Å²) in [4.78, 5) is 0. The van der Waals surface area contributed by atoms with Crippen LogP contribution >= 0.6 is 11.6 Å². The highest BCUT2D eigenvalue weighted by Gasteiger charge is 2.18. The fraction of sp³-hybridized carbons (Fsp3) is 0.625. The molecular formula is C16H24ClNO. The molecule has 3 heteroatoms. The average Bonchev–Trinajstić information content (AvgIpc) is 2.46. The maximum absolute atomic E-state index is 6.11. The molecule has 19 heavy (non-hydrogen) atoms. The van der Waals surface area contributed by atoms with Crippen LogP contribution in [0.25, 0.3) is 0 Å². The van der Waals surface area contributed by atoms with Crippen molar-refractivity contribution in [1.82, 2.24) is 5.32 Å². The van der Waals surface area contributed by atoms with E-state index in [-0.39, 0.29) is 0 Å². The lowest BCUT2D eigenvalue weighted by atomic mass is 9.89. The molecule has 0 unspecified atom stereocenters. The van der Waals surface area contributed by atoms with Gasteiger partial charge in [-0.1, -0.05) is 18.2 Å². The highest BCUT2D eigenvalue weighted by Crippen LogP contribution is 2.26. The van der Waals surface area contributed by atoms with Crippen LogP contribution in [0, 0.1) is 5.92 Å². The van der Waals surface area contributed by atoms with Gasteiger partial charge in [-0.25, -0.2) is 0 Å². The molecule has 2 rings (SSSR count). The van der Waals surface area contributed by atoms with Crippen LogP contribution < -0.4 is 10.1 Å². The van der Waals surface area contributed by atoms with E-state index in [1.54, 1.807) is 0 Å². The number of rotatable bonds is 7. The molecule has 1 N–H and O–H groups in total. The Balaban J connectivity index is 1.46. The molecule has 1 aliphatic carbocycles. The summed E-state index contributed by atoms with van der Waals surface area (Å²) in [6.45, 7) is 2.95. The lowest BCUT2D eigenvalue weighted by Gasteiger charge is -2.25. The zero-order valence-corrected chi connectivity index (χ0v) is 12.2. The van der Waals surface area contributed by atoms with Crippen LogP contribution in [0.3, 0.4) is 0 Å². The third-order valence-corrected chi connectivity index (χ3v) is 4.16. The van der Waals surface area contributed by atoms with E-state index in [1.807, 2.05) is 30.3 Å². The average molecular weight is 282 g/mol. The van der Waals surface area contributed by atoms with Gasteiger partial charge >= 0.3 is 0 Å². The summed E-state index contributed by atoms with van der Waals surface area (Å²) >= 11 is 6.11. The molecule has 1 saturated carbocycles. The van der Waals surface area contributed by atoms with Gasteiger partial charge in [-0.2, -0.15) is 0 Å². The highest BCUT2D eigenvalue weighted by molar-refractivity contribution is 6.20. The molecule has 1 aromatic carbocycles. The molecule has 106 valence electrons. The first kappa shape index (κ1) is 14.7. The topological polar surface area (TPSA) is 21.3 Å². The molecule has 2 nitrogen and oxygen atoms in total. The number of hydrogen-bond donors (Lipinski definition) is 1. The van der Waals surface area contributed by atoms with Gasteiger partial charge in [-0.3, -0.25) is 0 Å². The first-order valence-corrected chi connectivity index (χ1v) is 7.81. The molecule has 0 aromatic heterocycles. The van der Waals surface area contributed by atoms with Crippen LogP contribution in [0.15, 0.2) is 30.3 Å². The molecule has 1 aliphatic rings. The Hall–Kier alpha value is -0.730. The highest BCUT2D eigenvalue weighted by atomic mass is 35.5. The summed E-state index contributed by atoms with van der Waals surface area (Å²) in [5.74, 6) is 1.79. The molecule has 0 saturated heterocycles. The molecule has 0 heterocycles. The van der Waals surface area contributed by atoms with Crippen LogP contribution in [0.4, 0.5) is 0 Å². The second-order valence-corrected chi connectivity index (χ2v) is 5.95. The summed E-state index contributed by atoms with van der Waals surface area (Å²) in [7, 11) is 0. The summed E-state index contributed by atoms with van der Waals surface area (Å²) in [6, 6.07) is 10.0. The van der Waals surface area contributed by atoms with E-state index >= 15 is 0 Å². The number of alkyl halides is 1. The quantitative estimate of drug-likeness (QED) is 0.606. The van der Waals surface area contributed by atoms with E-state index in [9.17, 15) is 0 Å². The third kappa shape index (κ3) is 5.84. The van der Waals surface area contributed by atoms with Gasteiger partial charge in [0.25, 0.3) is 0 Å². The number of hydrogen-bond acceptors (Lipinski definition) is 2. The van der Waals surface area contributed by atoms with Gasteiger partial charge in [0.2, 0.25) is 0 Å². The van der Waals surface area contributed by atoms with Gasteiger partial charge in [0.05, 0.1) is 6.61 Å². The minimum absolute atomic E-state index is 0.426. The first-order chi connectivity index (χ1) is 9.34. The van der Waals surface area contributed by atoms with Gasteiger partial charge in [0.1, 0.15) is 5.75 Å². The minimum Gasteiger partial charge on any atom is -0.494 e. The molecule has 0 aliphatic heterocycles. The van der Waals surface area contributed by atoms with Crippen LogP contribution in [0.1, 0.15) is 32.1 Å². The van der Waals surface area contributed by atoms with Crippen molar-refractivity contribution in [2.45, 2.75) is 37.5 Å². The fourth-order valence-electron chi connectivity index (χ4n) is 2.54. The molecule has 1 aromatic rings. The monoisotopic (exact) mass is 281 g/mol. The van der Waals surface area contributed by atoms with E-state index in [0.29, 0.717) is 5.38 Å². The lowest BCUT2D eigenvalue weighted by Crippen LogP contribution is -2.28. The number of nitrogens with one attached hydrogen (secondary N) is 1. The Morgan fingerprint density at radius 1 is 1.11 bits per heavy atom. The van der Waals surface area contributed by atoms with Crippen molar-refractivity contribution in [2.24, 2.45) is 5.92 Å². The second kappa shape index (κ2) is 8.44. The summed E-state index contributed by atoms with van der Waals surface area (Å²) in [5.41, 5.74) is 0. The molecule has 0 radical (unpaired) electrons. The van der Waals surface area contributed by atoms with Crippen LogP contribution in [-0.2, 0) is 0 Å². The Morgan fingerprint density at radius 3 is 2.58 bits per heavy atom. The van der Waals surface area contributed by atoms with Crippen LogP contribution in [0.5, 0.6) is 5.75 Å². The fourth-order valence-corrected chi connectivity index (χ4v) is 2.79. The number of ether oxygens (including phenoxy) is 1. The molecular weight excluding hydrogens is 258 g/mol. The molecule has 0 bridgehead atoms. The summed E-state index contributed by atoms with van der Waals surface area (Å²) in [6.07, 6.45) is 5.99. The Morgan fingerprint density at radius 2 is 1.84 bits per heavy atom. The third-order valence-electron chi connectivity index (χ3n) is 3.72. The smallest absolute Gasteiger partial charge is 0.119 e. The Labute approximate surface area is 121 Å². The molecule has 0 amide bonds. The van der Waals surface area contributed by atoms with Crippen molar-refractivity contribution in [3.8, 4) is 5.75 Å². The molecule has 0 spiro atoms. The zero-order valence-electron chi connectivity index (χ0n) is 11.5. The normalized spacial score (nSPS) is 23.2. The Bertz CT molecular complexity index is 336. The van der Waals surface area contributed by atoms with E-state index in [4.69, 9.17) is 16.3 Å². The van der Waals surface area contributed by atoms with Gasteiger partial charge in [0.15, 0.2) is 0 Å². The number of benzene rings is 1. The van der Waals surface area contributed by atoms with Crippen molar-refractivity contribution in [1.29, 1.82) is 0 Å². The Kier molecular flexibility index (Phi) is 6.52. The summed E-state index contributed by atoms with van der Waals surface area (Å²) in [5, 5.41) is 3.96. The van der Waals surface area contributed by atoms with Crippen molar-refractivity contribution < 1.29 is 4.74 Å². The van der Waals surface area contributed by atoms with E-state index in [2.05, 4.69) is 5.32 Å². The van der Waals surface area contributed by atoms with E-state index < -0.39 is 0 Å². The standard InChI is InChI=1S/C16H24ClNO/c17-15-9-7-14(8-10-15)13-18-11-4-12-19-16-5-2-1-3-6-16/h1-3,5-6,14-15,18H,4,7-13H2. The number of halogens is 1. The maximum Gasteiger partial charge on any atom is 0.119 e. The van der Waals surface area contributed by atoms with Crippen molar-refractivity contribution in [2.75, 3.05) is 19.7 Å². The van der Waals surface area contributed by atoms with Crippen molar-refractivity contribution in [3.05, 3.63) is 30.3 Å². The predicted octanol–water partition coefficient (Wildman–Crippen LogP) is 3.84. The van der Waals surface area contributed by atoms with Gasteiger partial charge in [-0.15, -0.1) is 11.6 Å². The van der Waals surface area contributed by atoms with E-state index in [1.165, 1.54) is 25.7 Å². The SMILES string of the molecule is ClC1CCC(CNCCCOc2ccccc2)CC1. The van der Waals surface area contributed by atoms with Gasteiger partial charge in [-0.05, 0) is 63.2 Å². The molecule has 1 fully saturated rings. The van der Waals surface area contributed by atoms with E-state index in [0.717, 1.165) is 37.8 Å². The van der Waals surface area contributed by atoms with Crippen LogP contribution in [-0.4, -0.2) is 25.1 Å². The van der Waals surface area contributed by atoms with Crippen LogP contribution in [0.2, 0.25) is 0 Å². The summed E-state index contributed by atoms with van der Waals surface area (Å²) < 4.78 is 5.65. The minimum atomic E-state index is 0.426. The second-order valence-electron chi connectivity index (χ2n) is 5.34. The maximum atomic E-state index is 6.11. The van der Waals surface area contributed by atoms with Crippen molar-refractivity contribution >= 4 is 11.6 Å². The van der Waals surface area contributed by atoms with Crippen molar-refractivity contribution in [3.63, 3.8) is 0 Å². The van der Waals surface area contributed by atoms with Gasteiger partial charge in [0, 0.05) is 5.38 Å². The zero-order chi connectivity index (χ0) is 13.3. The first-order valence-electron chi connectivity index (χ1n) is 7.37. The largest absolute Gasteiger partial charge is 0.494 e.